The molecule has 1 aromatic carbocycles. The van der Waals surface area contributed by atoms with Crippen LogP contribution in [0.1, 0.15) is 60.7 Å². The fraction of sp³-hybridized carbons (Fsp3) is 0.440. The zero-order valence-electron chi connectivity index (χ0n) is 20.2. The molecule has 1 unspecified atom stereocenters. The Morgan fingerprint density at radius 1 is 1.11 bits per heavy atom. The molecule has 2 atom stereocenters. The molecule has 0 spiro atoms. The molecule has 7 nitrogen and oxygen atoms in total. The lowest BCUT2D eigenvalue weighted by Crippen LogP contribution is -2.20. The van der Waals surface area contributed by atoms with Gasteiger partial charge in [-0.05, 0) is 43.9 Å². The van der Waals surface area contributed by atoms with Gasteiger partial charge in [0, 0.05) is 43.9 Å². The van der Waals surface area contributed by atoms with Crippen molar-refractivity contribution < 1.29 is 22.3 Å². The highest BCUT2D eigenvalue weighted by Crippen LogP contribution is 2.42. The van der Waals surface area contributed by atoms with E-state index in [2.05, 4.69) is 10.1 Å². The highest BCUT2D eigenvalue weighted by molar-refractivity contribution is 7.22. The van der Waals surface area contributed by atoms with E-state index in [1.807, 2.05) is 31.2 Å². The topological polar surface area (TPSA) is 69.0 Å². The van der Waals surface area contributed by atoms with Gasteiger partial charge in [0.2, 0.25) is 0 Å². The quantitative estimate of drug-likeness (QED) is 0.288. The maximum absolute atomic E-state index is 15.1. The van der Waals surface area contributed by atoms with Gasteiger partial charge in [-0.3, -0.25) is 4.68 Å². The Bertz CT molecular complexity index is 1460. The molecule has 1 saturated carbocycles. The van der Waals surface area contributed by atoms with Crippen LogP contribution in [0.5, 0.6) is 0 Å². The summed E-state index contributed by atoms with van der Waals surface area (Å²) in [4.78, 5) is 15.9. The van der Waals surface area contributed by atoms with Crippen LogP contribution in [0.25, 0.3) is 21.6 Å². The van der Waals surface area contributed by atoms with Crippen LogP contribution in [0.2, 0.25) is 0 Å². The molecule has 0 amide bonds. The number of hydrogen-bond acceptors (Lipinski definition) is 7. The first-order chi connectivity index (χ1) is 17.7. The molecule has 4 heterocycles. The molecule has 0 bridgehead atoms. The molecule has 3 aromatic heterocycles. The summed E-state index contributed by atoms with van der Waals surface area (Å²) in [7, 11) is 3.66. The van der Waals surface area contributed by atoms with E-state index in [1.165, 1.54) is 11.3 Å². The Labute approximate surface area is 214 Å². The van der Waals surface area contributed by atoms with Gasteiger partial charge in [-0.1, -0.05) is 11.3 Å². The van der Waals surface area contributed by atoms with Gasteiger partial charge in [0.15, 0.2) is 10.8 Å². The minimum absolute atomic E-state index is 0.00933. The predicted molar refractivity (Wildman–Crippen MR) is 131 cm³/mol. The molecule has 1 aliphatic heterocycles. The summed E-state index contributed by atoms with van der Waals surface area (Å²) < 4.78 is 63.1. The van der Waals surface area contributed by atoms with Crippen LogP contribution >= 0.6 is 11.3 Å². The number of hydrogen-bond donors (Lipinski definition) is 0. The van der Waals surface area contributed by atoms with Crippen molar-refractivity contribution in [3.05, 3.63) is 53.4 Å². The zero-order chi connectivity index (χ0) is 25.9. The Hall–Kier alpha value is -3.12. The normalized spacial score (nSPS) is 20.5. The van der Waals surface area contributed by atoms with Gasteiger partial charge < -0.3 is 9.64 Å². The minimum atomic E-state index is -4.64. The van der Waals surface area contributed by atoms with E-state index in [4.69, 9.17) is 14.7 Å². The van der Waals surface area contributed by atoms with E-state index in [0.29, 0.717) is 52.9 Å². The highest BCUT2D eigenvalue weighted by Gasteiger charge is 2.33. The van der Waals surface area contributed by atoms with Gasteiger partial charge in [0.25, 0.3) is 0 Å². The second-order valence-electron chi connectivity index (χ2n) is 9.73. The summed E-state index contributed by atoms with van der Waals surface area (Å²) in [6.45, 7) is 0.495. The lowest BCUT2D eigenvalue weighted by Gasteiger charge is -2.28. The molecule has 37 heavy (non-hydrogen) atoms. The monoisotopic (exact) mass is 532 g/mol. The number of rotatable bonds is 5. The van der Waals surface area contributed by atoms with Crippen molar-refractivity contribution in [3.8, 4) is 11.3 Å². The van der Waals surface area contributed by atoms with Crippen LogP contribution in [0.15, 0.2) is 30.6 Å². The number of anilines is 1. The molecule has 1 aliphatic carbocycles. The number of benzene rings is 1. The zero-order valence-corrected chi connectivity index (χ0v) is 21.0. The maximum atomic E-state index is 15.1. The average molecular weight is 533 g/mol. The van der Waals surface area contributed by atoms with Crippen LogP contribution in [0.3, 0.4) is 0 Å². The van der Waals surface area contributed by atoms with Crippen LogP contribution in [-0.2, 0) is 10.9 Å². The Morgan fingerprint density at radius 2 is 1.92 bits per heavy atom. The first-order valence-corrected chi connectivity index (χ1v) is 12.9. The van der Waals surface area contributed by atoms with Gasteiger partial charge >= 0.3 is 6.18 Å². The Morgan fingerprint density at radius 3 is 2.62 bits per heavy atom. The van der Waals surface area contributed by atoms with E-state index in [-0.39, 0.29) is 23.3 Å². The number of aromatic nitrogens is 5. The molecule has 2 fully saturated rings. The first kappa shape index (κ1) is 24.2. The minimum Gasteiger partial charge on any atom is -0.373 e. The smallest absolute Gasteiger partial charge is 0.373 e. The van der Waals surface area contributed by atoms with E-state index in [0.717, 1.165) is 30.5 Å². The largest absolute Gasteiger partial charge is 0.416 e. The predicted octanol–water partition coefficient (Wildman–Crippen LogP) is 6.14. The molecule has 0 radical (unpaired) electrons. The fourth-order valence-corrected chi connectivity index (χ4v) is 5.52. The summed E-state index contributed by atoms with van der Waals surface area (Å²) in [5.41, 5.74) is 0.593. The average Bonchev–Trinajstić information content (AvgIpc) is 3.42. The van der Waals surface area contributed by atoms with Crippen molar-refractivity contribution in [3.63, 3.8) is 0 Å². The molecule has 12 heteroatoms. The summed E-state index contributed by atoms with van der Waals surface area (Å²) in [5, 5.41) is 5.12. The number of alkyl halides is 3. The van der Waals surface area contributed by atoms with Crippen molar-refractivity contribution >= 4 is 26.8 Å². The van der Waals surface area contributed by atoms with Crippen molar-refractivity contribution in [1.82, 2.24) is 24.7 Å². The fourth-order valence-electron chi connectivity index (χ4n) is 4.59. The molecular weight excluding hydrogens is 508 g/mol. The van der Waals surface area contributed by atoms with Gasteiger partial charge in [-0.25, -0.2) is 14.4 Å². The maximum Gasteiger partial charge on any atom is 0.416 e. The number of fused-ring (bicyclic) bond motifs is 1. The summed E-state index contributed by atoms with van der Waals surface area (Å²) >= 11 is 1.27. The SMILES string of the molecule is CN(C)c1nc2nc(C3CCO[C@@H](c4cnn(C5CC5)c4)C3)nc(-c3ccc(C(F)(F)F)cc3F)c2s1. The van der Waals surface area contributed by atoms with Gasteiger partial charge in [0.1, 0.15) is 16.3 Å². The molecule has 0 N–H and O–H groups in total. The lowest BCUT2D eigenvalue weighted by molar-refractivity contribution is -0.137. The molecule has 4 aromatic rings. The number of thiazole rings is 1. The highest BCUT2D eigenvalue weighted by atomic mass is 32.1. The molecular formula is C25H24F4N6OS. The molecule has 6 rings (SSSR count). The van der Waals surface area contributed by atoms with Crippen LogP contribution in [0.4, 0.5) is 22.7 Å². The van der Waals surface area contributed by atoms with E-state index >= 15 is 4.39 Å². The van der Waals surface area contributed by atoms with E-state index < -0.39 is 17.6 Å². The third-order valence-electron chi connectivity index (χ3n) is 6.76. The van der Waals surface area contributed by atoms with E-state index in [1.54, 1.807) is 4.90 Å². The number of nitrogens with zero attached hydrogens (tertiary/aromatic N) is 6. The third kappa shape index (κ3) is 4.68. The van der Waals surface area contributed by atoms with E-state index in [9.17, 15) is 13.2 Å². The summed E-state index contributed by atoms with van der Waals surface area (Å²) in [5.74, 6) is -0.591. The Kier molecular flexibility index (Phi) is 5.90. The van der Waals surface area contributed by atoms with Gasteiger partial charge in [-0.15, -0.1) is 0 Å². The molecule has 1 saturated heterocycles. The van der Waals surface area contributed by atoms with Crippen molar-refractivity contribution in [2.24, 2.45) is 0 Å². The molecule has 194 valence electrons. The van der Waals surface area contributed by atoms with Gasteiger partial charge in [-0.2, -0.15) is 23.3 Å². The van der Waals surface area contributed by atoms with Crippen molar-refractivity contribution in [1.29, 1.82) is 0 Å². The van der Waals surface area contributed by atoms with Crippen LogP contribution in [0, 0.1) is 5.82 Å². The van der Waals surface area contributed by atoms with Crippen molar-refractivity contribution in [2.45, 2.75) is 49.9 Å². The second kappa shape index (κ2) is 9.02. The summed E-state index contributed by atoms with van der Waals surface area (Å²) in [6, 6.07) is 2.99. The van der Waals surface area contributed by atoms with Crippen LogP contribution < -0.4 is 4.90 Å². The summed E-state index contributed by atoms with van der Waals surface area (Å²) in [6.07, 6.45) is 2.59. The number of ether oxygens (including phenoxy) is 1. The molecule has 2 aliphatic rings. The second-order valence-corrected chi connectivity index (χ2v) is 10.7. The Balaban J connectivity index is 1.39. The van der Waals surface area contributed by atoms with Crippen LogP contribution in [-0.4, -0.2) is 45.4 Å². The number of halogens is 4. The standard InChI is InChI=1S/C25H24F4N6OS/c1-34(2)24-33-23-21(37-24)20(17-6-3-15(10-18(17)26)25(27,28)29)31-22(32-23)13-7-8-36-19(9-13)14-11-30-35(12-14)16-4-5-16/h3,6,10-13,16,19H,4-5,7-9H2,1-2H3/t13?,19-/m1/s1. The first-order valence-electron chi connectivity index (χ1n) is 12.1. The van der Waals surface area contributed by atoms with Gasteiger partial charge in [0.05, 0.1) is 29.6 Å². The third-order valence-corrected chi connectivity index (χ3v) is 7.98. The lowest BCUT2D eigenvalue weighted by atomic mass is 9.92. The van der Waals surface area contributed by atoms with Crippen molar-refractivity contribution in [2.75, 3.05) is 25.6 Å².